The highest BCUT2D eigenvalue weighted by Crippen LogP contribution is 2.33. The molecule has 0 radical (unpaired) electrons. The molecule has 2 N–H and O–H groups in total. The van der Waals surface area contributed by atoms with E-state index in [1.54, 1.807) is 0 Å². The molecule has 0 fully saturated rings. The Bertz CT molecular complexity index is 924. The van der Waals surface area contributed by atoms with Crippen LogP contribution in [0.5, 0.6) is 0 Å². The van der Waals surface area contributed by atoms with Crippen LogP contribution >= 0.6 is 23.1 Å². The monoisotopic (exact) mass is 356 g/mol. The number of carbonyl (C=O) groups excluding carboxylic acids is 1. The van der Waals surface area contributed by atoms with E-state index in [-0.39, 0.29) is 11.9 Å². The molecule has 1 amide bonds. The van der Waals surface area contributed by atoms with E-state index < -0.39 is 0 Å². The van der Waals surface area contributed by atoms with Gasteiger partial charge in [0.2, 0.25) is 5.91 Å². The Morgan fingerprint density at radius 1 is 1.38 bits per heavy atom. The van der Waals surface area contributed by atoms with E-state index in [4.69, 9.17) is 5.73 Å². The number of thiophene rings is 1. The fourth-order valence-electron chi connectivity index (χ4n) is 3.06. The second-order valence-electron chi connectivity index (χ2n) is 5.77. The molecule has 1 aliphatic heterocycles. The normalized spacial score (nSPS) is 16.5. The third kappa shape index (κ3) is 2.63. The molecule has 0 saturated carbocycles. The van der Waals surface area contributed by atoms with Gasteiger partial charge in [-0.25, -0.2) is 9.97 Å². The van der Waals surface area contributed by atoms with Crippen LogP contribution in [0.25, 0.3) is 10.2 Å². The van der Waals surface area contributed by atoms with Crippen LogP contribution in [0.2, 0.25) is 0 Å². The van der Waals surface area contributed by atoms with E-state index in [1.807, 2.05) is 34.5 Å². The lowest BCUT2D eigenvalue weighted by atomic mass is 10.1. The van der Waals surface area contributed by atoms with Crippen LogP contribution in [-0.4, -0.2) is 27.7 Å². The van der Waals surface area contributed by atoms with Crippen molar-refractivity contribution >= 4 is 50.7 Å². The smallest absolute Gasteiger partial charge is 0.237 e. The number of nitrogens with zero attached hydrogens (tertiary/aromatic N) is 3. The predicted molar refractivity (Wildman–Crippen MR) is 99.6 cm³/mol. The van der Waals surface area contributed by atoms with Gasteiger partial charge in [-0.15, -0.1) is 11.3 Å². The van der Waals surface area contributed by atoms with Gasteiger partial charge in [-0.2, -0.15) is 0 Å². The highest BCUT2D eigenvalue weighted by Gasteiger charge is 2.30. The van der Waals surface area contributed by atoms with Gasteiger partial charge in [-0.05, 0) is 36.4 Å². The Morgan fingerprint density at radius 2 is 2.21 bits per heavy atom. The maximum absolute atomic E-state index is 12.7. The molecule has 5 nitrogen and oxygen atoms in total. The minimum Gasteiger partial charge on any atom is -0.383 e. The second-order valence-corrected chi connectivity index (χ2v) is 7.60. The number of thioether (sulfide) groups is 1. The molecule has 1 unspecified atom stereocenters. The molecule has 1 atom stereocenters. The van der Waals surface area contributed by atoms with Crippen molar-refractivity contribution in [3.63, 3.8) is 0 Å². The average molecular weight is 356 g/mol. The number of nitrogen functional groups attached to an aromatic ring is 1. The van der Waals surface area contributed by atoms with E-state index in [9.17, 15) is 4.79 Å². The first-order valence-electron chi connectivity index (χ1n) is 7.67. The summed E-state index contributed by atoms with van der Waals surface area (Å²) in [6.07, 6.45) is 0.900. The Balaban J connectivity index is 1.52. The number of fused-ring (bicyclic) bond motifs is 2. The van der Waals surface area contributed by atoms with Crippen LogP contribution in [0.15, 0.2) is 40.9 Å². The summed E-state index contributed by atoms with van der Waals surface area (Å²) in [5.41, 5.74) is 8.21. The molecule has 4 rings (SSSR count). The Hall–Kier alpha value is -2.12. The number of aromatic nitrogens is 2. The lowest BCUT2D eigenvalue weighted by Gasteiger charge is -2.22. The highest BCUT2D eigenvalue weighted by atomic mass is 32.2. The van der Waals surface area contributed by atoms with E-state index in [0.29, 0.717) is 16.7 Å². The van der Waals surface area contributed by atoms with Crippen molar-refractivity contribution in [2.45, 2.75) is 24.5 Å². The topological polar surface area (TPSA) is 72.1 Å². The summed E-state index contributed by atoms with van der Waals surface area (Å²) in [6.45, 7) is 2.08. The zero-order chi connectivity index (χ0) is 16.7. The summed E-state index contributed by atoms with van der Waals surface area (Å²) in [5.74, 6) is 0.844. The molecule has 24 heavy (non-hydrogen) atoms. The SMILES string of the molecule is CC1Cc2ccccc2N1C(=O)CSc1nc(N)c2ccsc2n1. The van der Waals surface area contributed by atoms with E-state index in [1.165, 1.54) is 28.7 Å². The number of carbonyl (C=O) groups is 1. The van der Waals surface area contributed by atoms with Crippen LogP contribution < -0.4 is 10.6 Å². The maximum atomic E-state index is 12.7. The van der Waals surface area contributed by atoms with Crippen molar-refractivity contribution in [1.82, 2.24) is 9.97 Å². The number of hydrogen-bond acceptors (Lipinski definition) is 6. The first-order valence-corrected chi connectivity index (χ1v) is 9.53. The molecular weight excluding hydrogens is 340 g/mol. The molecule has 1 aliphatic rings. The lowest BCUT2D eigenvalue weighted by Crippen LogP contribution is -2.37. The molecule has 7 heteroatoms. The van der Waals surface area contributed by atoms with Crippen LogP contribution in [-0.2, 0) is 11.2 Å². The van der Waals surface area contributed by atoms with Gasteiger partial charge in [-0.3, -0.25) is 4.79 Å². The van der Waals surface area contributed by atoms with Crippen molar-refractivity contribution in [3.8, 4) is 0 Å². The Kier molecular flexibility index (Phi) is 3.90. The number of para-hydroxylation sites is 1. The number of rotatable bonds is 3. The van der Waals surface area contributed by atoms with Gasteiger partial charge in [0.25, 0.3) is 0 Å². The zero-order valence-corrected chi connectivity index (χ0v) is 14.7. The van der Waals surface area contributed by atoms with Crippen molar-refractivity contribution in [2.75, 3.05) is 16.4 Å². The van der Waals surface area contributed by atoms with Crippen molar-refractivity contribution < 1.29 is 4.79 Å². The van der Waals surface area contributed by atoms with Crippen molar-refractivity contribution in [2.24, 2.45) is 0 Å². The highest BCUT2D eigenvalue weighted by molar-refractivity contribution is 7.99. The standard InChI is InChI=1S/C17H16N4OS2/c1-10-8-11-4-2-3-5-13(11)21(10)14(22)9-24-17-19-15(18)12-6-7-23-16(12)20-17/h2-7,10H,8-9H2,1H3,(H2,18,19,20). The minimum atomic E-state index is 0.0749. The van der Waals surface area contributed by atoms with Gasteiger partial charge >= 0.3 is 0 Å². The molecule has 0 aliphatic carbocycles. The van der Waals surface area contributed by atoms with Crippen LogP contribution in [0.1, 0.15) is 12.5 Å². The molecule has 122 valence electrons. The van der Waals surface area contributed by atoms with Gasteiger partial charge in [0.15, 0.2) is 5.16 Å². The summed E-state index contributed by atoms with van der Waals surface area (Å²) in [5, 5.41) is 3.37. The summed E-state index contributed by atoms with van der Waals surface area (Å²) >= 11 is 2.86. The molecule has 3 heterocycles. The van der Waals surface area contributed by atoms with Gasteiger partial charge in [-0.1, -0.05) is 30.0 Å². The molecular formula is C17H16N4OS2. The third-order valence-corrected chi connectivity index (χ3v) is 5.77. The van der Waals surface area contributed by atoms with E-state index in [0.717, 1.165) is 22.3 Å². The molecule has 0 bridgehead atoms. The van der Waals surface area contributed by atoms with E-state index in [2.05, 4.69) is 23.0 Å². The molecule has 3 aromatic rings. The molecule has 2 aromatic heterocycles. The predicted octanol–water partition coefficient (Wildman–Crippen LogP) is 3.34. The molecule has 0 saturated heterocycles. The van der Waals surface area contributed by atoms with E-state index >= 15 is 0 Å². The summed E-state index contributed by atoms with van der Waals surface area (Å²) in [7, 11) is 0. The minimum absolute atomic E-state index is 0.0749. The Labute approximate surface area is 147 Å². The first kappa shape index (κ1) is 15.4. The molecule has 0 spiro atoms. The Morgan fingerprint density at radius 3 is 3.08 bits per heavy atom. The second kappa shape index (κ2) is 6.07. The zero-order valence-electron chi connectivity index (χ0n) is 13.1. The van der Waals surface area contributed by atoms with Crippen molar-refractivity contribution in [1.29, 1.82) is 0 Å². The van der Waals surface area contributed by atoms with Crippen LogP contribution in [0.4, 0.5) is 11.5 Å². The van der Waals surface area contributed by atoms with Crippen LogP contribution in [0, 0.1) is 0 Å². The number of hydrogen-bond donors (Lipinski definition) is 1. The fraction of sp³-hybridized carbons (Fsp3) is 0.235. The number of nitrogens with two attached hydrogens (primary N) is 1. The largest absolute Gasteiger partial charge is 0.383 e. The van der Waals surface area contributed by atoms with Crippen molar-refractivity contribution in [3.05, 3.63) is 41.3 Å². The van der Waals surface area contributed by atoms with Gasteiger partial charge in [0.05, 0.1) is 11.1 Å². The quantitative estimate of drug-likeness (QED) is 0.575. The summed E-state index contributed by atoms with van der Waals surface area (Å²) in [6, 6.07) is 10.2. The van der Waals surface area contributed by atoms with Crippen LogP contribution in [0.3, 0.4) is 0 Å². The van der Waals surface area contributed by atoms with Gasteiger partial charge < -0.3 is 10.6 Å². The number of anilines is 2. The molecule has 1 aromatic carbocycles. The van der Waals surface area contributed by atoms with Gasteiger partial charge in [0.1, 0.15) is 10.6 Å². The lowest BCUT2D eigenvalue weighted by molar-refractivity contribution is -0.116. The summed E-state index contributed by atoms with van der Waals surface area (Å²) in [4.78, 5) is 24.2. The first-order chi connectivity index (χ1) is 11.6. The third-order valence-electron chi connectivity index (χ3n) is 4.13. The summed E-state index contributed by atoms with van der Waals surface area (Å²) < 4.78 is 0. The average Bonchev–Trinajstić information content (AvgIpc) is 3.16. The fourth-order valence-corrected chi connectivity index (χ4v) is 4.60. The number of benzene rings is 1. The number of amides is 1. The van der Waals surface area contributed by atoms with Gasteiger partial charge in [0, 0.05) is 11.7 Å². The maximum Gasteiger partial charge on any atom is 0.237 e.